The van der Waals surface area contributed by atoms with Gasteiger partial charge in [0.2, 0.25) is 5.91 Å². The second-order valence-corrected chi connectivity index (χ2v) is 7.94. The van der Waals surface area contributed by atoms with E-state index in [-0.39, 0.29) is 32.1 Å². The van der Waals surface area contributed by atoms with E-state index in [1.54, 1.807) is 18.2 Å². The lowest BCUT2D eigenvalue weighted by molar-refractivity contribution is -0.757. The van der Waals surface area contributed by atoms with E-state index in [1.165, 1.54) is 0 Å². The summed E-state index contributed by atoms with van der Waals surface area (Å²) in [5, 5.41) is 26.1. The number of hydrogen-bond acceptors (Lipinski definition) is 7. The van der Waals surface area contributed by atoms with E-state index >= 15 is 0 Å². The molecule has 0 radical (unpaired) electrons. The maximum atomic E-state index is 11.8. The Labute approximate surface area is 179 Å². The Morgan fingerprint density at radius 2 is 2.07 bits per heavy atom. The van der Waals surface area contributed by atoms with Crippen LogP contribution in [0, 0.1) is 10.1 Å². The van der Waals surface area contributed by atoms with Crippen molar-refractivity contribution in [1.29, 1.82) is 0 Å². The number of ether oxygens (including phenoxy) is 1. The molecule has 0 heterocycles. The highest BCUT2D eigenvalue weighted by molar-refractivity contribution is 6.34. The largest absolute Gasteiger partial charge is 0.489 e. The third kappa shape index (κ3) is 11.7. The molecular formula is C18H27Cl2N3O6. The van der Waals surface area contributed by atoms with Gasteiger partial charge in [0.15, 0.2) is 0 Å². The van der Waals surface area contributed by atoms with Crippen molar-refractivity contribution in [1.82, 2.24) is 10.6 Å². The first-order valence-corrected chi connectivity index (χ1v) is 9.89. The van der Waals surface area contributed by atoms with Crippen LogP contribution in [-0.2, 0) is 9.63 Å². The fraction of sp³-hybridized carbons (Fsp3) is 0.611. The van der Waals surface area contributed by atoms with Crippen molar-refractivity contribution < 1.29 is 24.6 Å². The van der Waals surface area contributed by atoms with Gasteiger partial charge in [0, 0.05) is 36.1 Å². The summed E-state index contributed by atoms with van der Waals surface area (Å²) in [4.78, 5) is 26.0. The van der Waals surface area contributed by atoms with Crippen molar-refractivity contribution in [3.8, 4) is 5.75 Å². The normalized spacial score (nSPS) is 12.3. The number of nitrogens with zero attached hydrogens (tertiary/aromatic N) is 1. The molecule has 0 spiro atoms. The first-order chi connectivity index (χ1) is 13.6. The van der Waals surface area contributed by atoms with Crippen molar-refractivity contribution >= 4 is 29.1 Å². The Kier molecular flexibility index (Phi) is 11.0. The molecule has 0 aromatic heterocycles. The maximum absolute atomic E-state index is 11.8. The molecule has 1 aromatic rings. The molecule has 29 heavy (non-hydrogen) atoms. The van der Waals surface area contributed by atoms with Crippen LogP contribution in [0.15, 0.2) is 18.2 Å². The minimum Gasteiger partial charge on any atom is -0.489 e. The number of amides is 1. The predicted octanol–water partition coefficient (Wildman–Crippen LogP) is 2.60. The number of β-amino-alcohol motifs (C(OH)–C–C–N with tert-alkyl or cyclic N) is 1. The molecule has 0 aliphatic carbocycles. The zero-order valence-corrected chi connectivity index (χ0v) is 18.0. The molecule has 1 unspecified atom stereocenters. The van der Waals surface area contributed by atoms with Crippen molar-refractivity contribution in [2.45, 2.75) is 44.8 Å². The molecule has 1 amide bonds. The molecule has 0 bridgehead atoms. The van der Waals surface area contributed by atoms with E-state index in [2.05, 4.69) is 15.5 Å². The van der Waals surface area contributed by atoms with Crippen LogP contribution in [0.2, 0.25) is 10.0 Å². The topological polar surface area (TPSA) is 123 Å². The van der Waals surface area contributed by atoms with Crippen molar-refractivity contribution in [2.24, 2.45) is 0 Å². The Bertz CT molecular complexity index is 675. The van der Waals surface area contributed by atoms with Crippen LogP contribution in [0.3, 0.4) is 0 Å². The summed E-state index contributed by atoms with van der Waals surface area (Å²) < 4.78 is 5.49. The molecule has 11 heteroatoms. The smallest absolute Gasteiger partial charge is 0.294 e. The van der Waals surface area contributed by atoms with Crippen LogP contribution in [-0.4, -0.2) is 54.0 Å². The maximum Gasteiger partial charge on any atom is 0.294 e. The molecule has 9 nitrogen and oxygen atoms in total. The first kappa shape index (κ1) is 25.2. The first-order valence-electron chi connectivity index (χ1n) is 9.14. The quantitative estimate of drug-likeness (QED) is 0.225. The number of aliphatic hydroxyl groups is 1. The third-order valence-electron chi connectivity index (χ3n) is 3.86. The number of unbranched alkanes of at least 4 members (excludes halogenated alkanes) is 1. The van der Waals surface area contributed by atoms with Gasteiger partial charge < -0.3 is 25.3 Å². The fourth-order valence-electron chi connectivity index (χ4n) is 2.22. The number of rotatable bonds is 14. The second-order valence-electron chi connectivity index (χ2n) is 7.10. The van der Waals surface area contributed by atoms with Gasteiger partial charge in [-0.1, -0.05) is 23.2 Å². The van der Waals surface area contributed by atoms with E-state index in [0.29, 0.717) is 35.2 Å². The van der Waals surface area contributed by atoms with E-state index in [9.17, 15) is 20.0 Å². The van der Waals surface area contributed by atoms with Gasteiger partial charge in [-0.05, 0) is 38.8 Å². The van der Waals surface area contributed by atoms with Crippen LogP contribution in [0.25, 0.3) is 0 Å². The van der Waals surface area contributed by atoms with Gasteiger partial charge in [0.1, 0.15) is 18.5 Å². The van der Waals surface area contributed by atoms with Gasteiger partial charge in [-0.25, -0.2) is 0 Å². The van der Waals surface area contributed by atoms with E-state index in [0.717, 1.165) is 0 Å². The van der Waals surface area contributed by atoms with Gasteiger partial charge in [-0.15, -0.1) is 10.1 Å². The summed E-state index contributed by atoms with van der Waals surface area (Å²) in [6.45, 7) is 4.39. The standard InChI is InChI=1S/C18H27Cl2N3O6/c1-18(2,12-21-17(25)5-3-4-8-29-23(26)27)22-10-14(24)11-28-16-9-13(19)6-7-15(16)20/h6-7,9,14,22,24H,3-5,8,10-12H2,1-2H3,(H,21,25). The molecule has 1 aromatic carbocycles. The minimum atomic E-state index is -0.850. The number of aliphatic hydroxyl groups excluding tert-OH is 1. The molecule has 0 saturated carbocycles. The number of carbonyl (C=O) groups excluding carboxylic acids is 1. The van der Waals surface area contributed by atoms with Gasteiger partial charge >= 0.3 is 0 Å². The van der Waals surface area contributed by atoms with Crippen LogP contribution < -0.4 is 15.4 Å². The number of benzene rings is 1. The number of carbonyl (C=O) groups is 1. The average molecular weight is 452 g/mol. The monoisotopic (exact) mass is 451 g/mol. The molecule has 0 saturated heterocycles. The molecule has 3 N–H and O–H groups in total. The highest BCUT2D eigenvalue weighted by atomic mass is 35.5. The molecule has 1 rings (SSSR count). The Morgan fingerprint density at radius 3 is 2.76 bits per heavy atom. The number of hydrogen-bond donors (Lipinski definition) is 3. The van der Waals surface area contributed by atoms with Crippen LogP contribution >= 0.6 is 23.2 Å². The number of nitrogens with one attached hydrogen (secondary N) is 2. The van der Waals surface area contributed by atoms with Crippen molar-refractivity contribution in [3.63, 3.8) is 0 Å². The van der Waals surface area contributed by atoms with E-state index in [4.69, 9.17) is 27.9 Å². The Balaban J connectivity index is 2.23. The fourth-order valence-corrected chi connectivity index (χ4v) is 2.56. The van der Waals surface area contributed by atoms with Gasteiger partial charge in [0.25, 0.3) is 5.09 Å². The van der Waals surface area contributed by atoms with Gasteiger partial charge in [0.05, 0.1) is 11.6 Å². The van der Waals surface area contributed by atoms with E-state index in [1.807, 2.05) is 13.8 Å². The lowest BCUT2D eigenvalue weighted by Gasteiger charge is -2.28. The summed E-state index contributed by atoms with van der Waals surface area (Å²) in [7, 11) is 0. The van der Waals surface area contributed by atoms with Crippen LogP contribution in [0.5, 0.6) is 5.75 Å². The zero-order chi connectivity index (χ0) is 21.9. The van der Waals surface area contributed by atoms with Crippen molar-refractivity contribution in [2.75, 3.05) is 26.3 Å². The Hall–Kier alpha value is -1.81. The summed E-state index contributed by atoms with van der Waals surface area (Å²) in [6.07, 6.45) is 0.393. The summed E-state index contributed by atoms with van der Waals surface area (Å²) in [5.74, 6) is 0.244. The molecular weight excluding hydrogens is 425 g/mol. The second kappa shape index (κ2) is 12.7. The number of halogens is 2. The van der Waals surface area contributed by atoms with Crippen molar-refractivity contribution in [3.05, 3.63) is 38.4 Å². The minimum absolute atomic E-state index is 0.0202. The molecule has 0 fully saturated rings. The van der Waals surface area contributed by atoms with E-state index < -0.39 is 16.7 Å². The summed E-state index contributed by atoms with van der Waals surface area (Å²) in [5.41, 5.74) is -0.459. The third-order valence-corrected chi connectivity index (χ3v) is 4.41. The van der Waals surface area contributed by atoms with Gasteiger partial charge in [-0.2, -0.15) is 0 Å². The Morgan fingerprint density at radius 1 is 1.34 bits per heavy atom. The lowest BCUT2D eigenvalue weighted by atomic mass is 10.1. The van der Waals surface area contributed by atoms with Crippen LogP contribution in [0.4, 0.5) is 0 Å². The summed E-state index contributed by atoms with van der Waals surface area (Å²) >= 11 is 11.9. The molecule has 0 aliphatic heterocycles. The predicted molar refractivity (Wildman–Crippen MR) is 110 cm³/mol. The average Bonchev–Trinajstić information content (AvgIpc) is 2.65. The highest BCUT2D eigenvalue weighted by Gasteiger charge is 2.20. The lowest BCUT2D eigenvalue weighted by Crippen LogP contribution is -2.51. The zero-order valence-electron chi connectivity index (χ0n) is 16.5. The molecule has 164 valence electrons. The molecule has 0 aliphatic rings. The van der Waals surface area contributed by atoms with Crippen LogP contribution in [0.1, 0.15) is 33.1 Å². The molecule has 1 atom stereocenters. The van der Waals surface area contributed by atoms with Gasteiger partial charge in [-0.3, -0.25) is 4.79 Å². The highest BCUT2D eigenvalue weighted by Crippen LogP contribution is 2.27. The SMILES string of the molecule is CC(C)(CNC(=O)CCCCO[N+](=O)[O-])NCC(O)COc1cc(Cl)ccc1Cl. The summed E-state index contributed by atoms with van der Waals surface area (Å²) in [6, 6.07) is 4.84.